The maximum atomic E-state index is 12.5. The number of benzene rings is 1. The zero-order chi connectivity index (χ0) is 17.3. The summed E-state index contributed by atoms with van der Waals surface area (Å²) in [7, 11) is 0. The van der Waals surface area contributed by atoms with Crippen LogP contribution in [0.15, 0.2) is 28.8 Å². The SMILES string of the molecule is Cc1cc(NC(=O)C(=O)N(Cc2ccc(Cl)c(Cl)c2)C2CC2)no1. The van der Waals surface area contributed by atoms with Crippen molar-refractivity contribution in [1.29, 1.82) is 0 Å². The number of rotatable bonds is 4. The first-order chi connectivity index (χ1) is 11.4. The summed E-state index contributed by atoms with van der Waals surface area (Å²) in [5.74, 6) is -0.580. The second-order valence-corrected chi connectivity index (χ2v) is 6.50. The predicted molar refractivity (Wildman–Crippen MR) is 89.9 cm³/mol. The molecule has 2 aromatic rings. The number of aromatic nitrogens is 1. The van der Waals surface area contributed by atoms with E-state index in [1.807, 2.05) is 0 Å². The average molecular weight is 368 g/mol. The van der Waals surface area contributed by atoms with Crippen molar-refractivity contribution in [2.45, 2.75) is 32.4 Å². The quantitative estimate of drug-likeness (QED) is 0.840. The van der Waals surface area contributed by atoms with Crippen LogP contribution in [0.4, 0.5) is 5.82 Å². The molecule has 1 heterocycles. The molecule has 0 spiro atoms. The standard InChI is InChI=1S/C16H15Cl2N3O3/c1-9-6-14(20-24-9)19-15(22)16(23)21(11-3-4-11)8-10-2-5-12(17)13(18)7-10/h2,5-7,11H,3-4,8H2,1H3,(H,19,20,22). The molecule has 0 bridgehead atoms. The van der Waals surface area contributed by atoms with Gasteiger partial charge in [0.05, 0.1) is 10.0 Å². The van der Waals surface area contributed by atoms with E-state index in [1.165, 1.54) is 0 Å². The van der Waals surface area contributed by atoms with Gasteiger partial charge in [-0.05, 0) is 37.5 Å². The number of hydrogen-bond acceptors (Lipinski definition) is 4. The van der Waals surface area contributed by atoms with Crippen molar-refractivity contribution in [3.8, 4) is 0 Å². The smallest absolute Gasteiger partial charge is 0.315 e. The van der Waals surface area contributed by atoms with Crippen LogP contribution >= 0.6 is 23.2 Å². The Labute approximate surface area is 148 Å². The van der Waals surface area contributed by atoms with Gasteiger partial charge in [-0.1, -0.05) is 34.4 Å². The van der Waals surface area contributed by atoms with Gasteiger partial charge in [0.15, 0.2) is 5.82 Å². The largest absolute Gasteiger partial charge is 0.360 e. The summed E-state index contributed by atoms with van der Waals surface area (Å²) in [6, 6.07) is 6.77. The van der Waals surface area contributed by atoms with Crippen LogP contribution in [0.1, 0.15) is 24.2 Å². The fourth-order valence-corrected chi connectivity index (χ4v) is 2.63. The first-order valence-electron chi connectivity index (χ1n) is 7.43. The Morgan fingerprint density at radius 2 is 2.04 bits per heavy atom. The summed E-state index contributed by atoms with van der Waals surface area (Å²) in [6.45, 7) is 2.00. The molecule has 0 atom stereocenters. The van der Waals surface area contributed by atoms with Gasteiger partial charge >= 0.3 is 11.8 Å². The maximum Gasteiger partial charge on any atom is 0.315 e. The number of anilines is 1. The molecule has 126 valence electrons. The van der Waals surface area contributed by atoms with Crippen molar-refractivity contribution in [2.24, 2.45) is 0 Å². The second kappa shape index (κ2) is 6.83. The van der Waals surface area contributed by atoms with E-state index in [4.69, 9.17) is 27.7 Å². The van der Waals surface area contributed by atoms with Gasteiger partial charge in [0.25, 0.3) is 0 Å². The highest BCUT2D eigenvalue weighted by molar-refractivity contribution is 6.42. The summed E-state index contributed by atoms with van der Waals surface area (Å²) in [6.07, 6.45) is 1.76. The summed E-state index contributed by atoms with van der Waals surface area (Å²) in [5, 5.41) is 6.97. The topological polar surface area (TPSA) is 75.4 Å². The van der Waals surface area contributed by atoms with E-state index in [9.17, 15) is 9.59 Å². The Hall–Kier alpha value is -2.05. The Balaban J connectivity index is 1.71. The summed E-state index contributed by atoms with van der Waals surface area (Å²) >= 11 is 11.9. The van der Waals surface area contributed by atoms with Crippen molar-refractivity contribution in [3.05, 3.63) is 45.6 Å². The Morgan fingerprint density at radius 1 is 1.29 bits per heavy atom. The van der Waals surface area contributed by atoms with E-state index >= 15 is 0 Å². The highest BCUT2D eigenvalue weighted by atomic mass is 35.5. The molecule has 0 radical (unpaired) electrons. The van der Waals surface area contributed by atoms with Gasteiger partial charge in [-0.15, -0.1) is 0 Å². The predicted octanol–water partition coefficient (Wildman–Crippen LogP) is 3.42. The van der Waals surface area contributed by atoms with E-state index in [0.29, 0.717) is 22.4 Å². The van der Waals surface area contributed by atoms with Gasteiger partial charge in [-0.25, -0.2) is 0 Å². The van der Waals surface area contributed by atoms with E-state index < -0.39 is 11.8 Å². The highest BCUT2D eigenvalue weighted by Gasteiger charge is 2.35. The maximum absolute atomic E-state index is 12.5. The summed E-state index contributed by atoms with van der Waals surface area (Å²) in [4.78, 5) is 26.2. The van der Waals surface area contributed by atoms with Crippen LogP contribution in [-0.2, 0) is 16.1 Å². The Kier molecular flexibility index (Phi) is 4.78. The molecule has 6 nitrogen and oxygen atoms in total. The molecular formula is C16H15Cl2N3O3. The van der Waals surface area contributed by atoms with Crippen molar-refractivity contribution in [3.63, 3.8) is 0 Å². The lowest BCUT2D eigenvalue weighted by Gasteiger charge is -2.21. The molecule has 1 aromatic carbocycles. The molecule has 24 heavy (non-hydrogen) atoms. The van der Waals surface area contributed by atoms with Crippen LogP contribution in [0, 0.1) is 6.92 Å². The second-order valence-electron chi connectivity index (χ2n) is 5.69. The molecule has 1 saturated carbocycles. The first kappa shape index (κ1) is 16.8. The molecule has 1 aliphatic carbocycles. The van der Waals surface area contributed by atoms with E-state index in [1.54, 1.807) is 36.1 Å². The highest BCUT2D eigenvalue weighted by Crippen LogP contribution is 2.30. The number of amides is 2. The summed E-state index contributed by atoms with van der Waals surface area (Å²) in [5.41, 5.74) is 0.815. The molecule has 1 aromatic heterocycles. The number of halogens is 2. The van der Waals surface area contributed by atoms with E-state index in [0.717, 1.165) is 18.4 Å². The molecule has 0 saturated heterocycles. The fourth-order valence-electron chi connectivity index (χ4n) is 2.31. The molecule has 8 heteroatoms. The number of carbonyl (C=O) groups is 2. The molecule has 1 aliphatic rings. The lowest BCUT2D eigenvalue weighted by Crippen LogP contribution is -2.40. The van der Waals surface area contributed by atoms with Crippen LogP contribution in [0.2, 0.25) is 10.0 Å². The van der Waals surface area contributed by atoms with Gasteiger partial charge in [0, 0.05) is 18.7 Å². The molecule has 1 N–H and O–H groups in total. The lowest BCUT2D eigenvalue weighted by molar-refractivity contribution is -0.144. The van der Waals surface area contributed by atoms with Gasteiger partial charge in [-0.3, -0.25) is 14.9 Å². The number of hydrogen-bond donors (Lipinski definition) is 1. The zero-order valence-corrected chi connectivity index (χ0v) is 14.4. The lowest BCUT2D eigenvalue weighted by atomic mass is 10.2. The van der Waals surface area contributed by atoms with Gasteiger partial charge in [-0.2, -0.15) is 0 Å². The van der Waals surface area contributed by atoms with Crippen LogP contribution in [0.5, 0.6) is 0 Å². The van der Waals surface area contributed by atoms with Crippen LogP contribution in [0.25, 0.3) is 0 Å². The third-order valence-electron chi connectivity index (χ3n) is 3.65. The average Bonchev–Trinajstić information content (AvgIpc) is 3.30. The fraction of sp³-hybridized carbons (Fsp3) is 0.312. The van der Waals surface area contributed by atoms with Crippen LogP contribution in [-0.4, -0.2) is 27.9 Å². The Bertz CT molecular complexity index is 787. The van der Waals surface area contributed by atoms with Crippen molar-refractivity contribution in [2.75, 3.05) is 5.32 Å². The molecule has 1 fully saturated rings. The van der Waals surface area contributed by atoms with Gasteiger partial charge < -0.3 is 9.42 Å². The number of nitrogens with zero attached hydrogens (tertiary/aromatic N) is 2. The van der Waals surface area contributed by atoms with Crippen molar-refractivity contribution >= 4 is 40.8 Å². The molecule has 0 unspecified atom stereocenters. The zero-order valence-electron chi connectivity index (χ0n) is 12.9. The van der Waals surface area contributed by atoms with Gasteiger partial charge in [0.1, 0.15) is 5.76 Å². The number of nitrogens with one attached hydrogen (secondary N) is 1. The number of aryl methyl sites for hydroxylation is 1. The minimum atomic E-state index is -0.740. The van der Waals surface area contributed by atoms with Gasteiger partial charge in [0.2, 0.25) is 0 Å². The third kappa shape index (κ3) is 3.88. The summed E-state index contributed by atoms with van der Waals surface area (Å²) < 4.78 is 4.87. The first-order valence-corrected chi connectivity index (χ1v) is 8.19. The van der Waals surface area contributed by atoms with E-state index in [-0.39, 0.29) is 11.9 Å². The minimum absolute atomic E-state index is 0.0664. The van der Waals surface area contributed by atoms with Crippen molar-refractivity contribution < 1.29 is 14.1 Å². The molecule has 0 aliphatic heterocycles. The molecule has 2 amide bonds. The number of carbonyl (C=O) groups excluding carboxylic acids is 2. The molecule has 3 rings (SSSR count). The third-order valence-corrected chi connectivity index (χ3v) is 4.39. The molecular weight excluding hydrogens is 353 g/mol. The Morgan fingerprint density at radius 3 is 2.62 bits per heavy atom. The van der Waals surface area contributed by atoms with Crippen LogP contribution in [0.3, 0.4) is 0 Å². The van der Waals surface area contributed by atoms with Crippen molar-refractivity contribution in [1.82, 2.24) is 10.1 Å². The van der Waals surface area contributed by atoms with E-state index in [2.05, 4.69) is 10.5 Å². The normalized spacial score (nSPS) is 13.6. The monoisotopic (exact) mass is 367 g/mol. The van der Waals surface area contributed by atoms with Crippen LogP contribution < -0.4 is 5.32 Å². The minimum Gasteiger partial charge on any atom is -0.360 e.